The average Bonchev–Trinajstić information content (AvgIpc) is 2.41. The normalized spacial score (nSPS) is 11.3. The first-order valence-corrected chi connectivity index (χ1v) is 6.36. The molecule has 2 rings (SSSR count). The van der Waals surface area contributed by atoms with E-state index in [0.29, 0.717) is 0 Å². The number of nitrogen functional groups attached to an aromatic ring is 1. The van der Waals surface area contributed by atoms with Gasteiger partial charge in [-0.3, -0.25) is 4.98 Å². The lowest BCUT2D eigenvalue weighted by Crippen LogP contribution is -2.28. The molecule has 4 nitrogen and oxygen atoms in total. The number of hydrogen-bond acceptors (Lipinski definition) is 4. The van der Waals surface area contributed by atoms with Crippen LogP contribution in [0.15, 0.2) is 36.7 Å². The Labute approximate surface area is 114 Å². The second-order valence-electron chi connectivity index (χ2n) is 5.35. The summed E-state index contributed by atoms with van der Waals surface area (Å²) >= 11 is 0. The number of anilines is 2. The minimum atomic E-state index is -0.00870. The van der Waals surface area contributed by atoms with Crippen molar-refractivity contribution in [2.45, 2.75) is 26.2 Å². The fourth-order valence-electron chi connectivity index (χ4n) is 1.85. The van der Waals surface area contributed by atoms with Gasteiger partial charge >= 0.3 is 0 Å². The number of pyridine rings is 2. The molecule has 0 unspecified atom stereocenters. The van der Waals surface area contributed by atoms with Crippen LogP contribution in [0.25, 0.3) is 0 Å². The van der Waals surface area contributed by atoms with Gasteiger partial charge in [0.1, 0.15) is 5.82 Å². The van der Waals surface area contributed by atoms with Crippen molar-refractivity contribution in [1.82, 2.24) is 9.97 Å². The van der Waals surface area contributed by atoms with E-state index in [1.54, 1.807) is 6.20 Å². The van der Waals surface area contributed by atoms with Crippen LogP contribution in [0.1, 0.15) is 25.1 Å². The van der Waals surface area contributed by atoms with Crippen molar-refractivity contribution in [3.63, 3.8) is 0 Å². The van der Waals surface area contributed by atoms with Crippen molar-refractivity contribution in [1.29, 1.82) is 0 Å². The second-order valence-corrected chi connectivity index (χ2v) is 5.35. The Morgan fingerprint density at radius 2 is 2.05 bits per heavy atom. The smallest absolute Gasteiger partial charge is 0.126 e. The quantitative estimate of drug-likeness (QED) is 0.883. The van der Waals surface area contributed by atoms with Crippen LogP contribution in [0.4, 0.5) is 11.5 Å². The first kappa shape index (κ1) is 13.3. The molecule has 0 atom stereocenters. The van der Waals surface area contributed by atoms with Gasteiger partial charge < -0.3 is 11.1 Å². The monoisotopic (exact) mass is 256 g/mol. The van der Waals surface area contributed by atoms with Crippen molar-refractivity contribution < 1.29 is 0 Å². The van der Waals surface area contributed by atoms with Crippen LogP contribution in [-0.2, 0) is 5.41 Å². The molecule has 100 valence electrons. The van der Waals surface area contributed by atoms with Crippen LogP contribution in [0.2, 0.25) is 0 Å². The first-order chi connectivity index (χ1) is 8.99. The Hall–Kier alpha value is -2.10. The van der Waals surface area contributed by atoms with E-state index in [0.717, 1.165) is 23.7 Å². The SMILES string of the molecule is Cc1nc(NCC(C)(C)c2cccnc2)ccc1N. The Morgan fingerprint density at radius 3 is 2.68 bits per heavy atom. The highest BCUT2D eigenvalue weighted by Gasteiger charge is 2.20. The van der Waals surface area contributed by atoms with E-state index in [9.17, 15) is 0 Å². The number of aryl methyl sites for hydroxylation is 1. The summed E-state index contributed by atoms with van der Waals surface area (Å²) in [6.45, 7) is 7.06. The summed E-state index contributed by atoms with van der Waals surface area (Å²) < 4.78 is 0. The van der Waals surface area contributed by atoms with Gasteiger partial charge in [0.25, 0.3) is 0 Å². The van der Waals surface area contributed by atoms with Gasteiger partial charge in [0.15, 0.2) is 0 Å². The minimum Gasteiger partial charge on any atom is -0.397 e. The molecule has 0 saturated carbocycles. The van der Waals surface area contributed by atoms with Crippen LogP contribution in [-0.4, -0.2) is 16.5 Å². The van der Waals surface area contributed by atoms with E-state index in [4.69, 9.17) is 5.73 Å². The molecule has 0 spiro atoms. The molecular weight excluding hydrogens is 236 g/mol. The predicted octanol–water partition coefficient (Wildman–Crippen LogP) is 2.76. The molecule has 3 N–H and O–H groups in total. The van der Waals surface area contributed by atoms with Gasteiger partial charge in [-0.2, -0.15) is 0 Å². The maximum Gasteiger partial charge on any atom is 0.126 e. The van der Waals surface area contributed by atoms with Gasteiger partial charge in [-0.1, -0.05) is 19.9 Å². The molecule has 0 aliphatic heterocycles. The molecule has 0 radical (unpaired) electrons. The fraction of sp³-hybridized carbons (Fsp3) is 0.333. The Balaban J connectivity index is 2.07. The topological polar surface area (TPSA) is 63.8 Å². The molecule has 0 amide bonds. The lowest BCUT2D eigenvalue weighted by Gasteiger charge is -2.25. The summed E-state index contributed by atoms with van der Waals surface area (Å²) in [5, 5.41) is 3.36. The molecule has 0 aliphatic rings. The Kier molecular flexibility index (Phi) is 3.69. The predicted molar refractivity (Wildman–Crippen MR) is 79.1 cm³/mol. The lowest BCUT2D eigenvalue weighted by molar-refractivity contribution is 0.554. The number of nitrogens with two attached hydrogens (primary N) is 1. The van der Waals surface area contributed by atoms with Gasteiger partial charge in [0, 0.05) is 24.4 Å². The molecule has 0 aromatic carbocycles. The number of hydrogen-bond donors (Lipinski definition) is 2. The van der Waals surface area contributed by atoms with E-state index in [-0.39, 0.29) is 5.41 Å². The van der Waals surface area contributed by atoms with Crippen molar-refractivity contribution >= 4 is 11.5 Å². The third-order valence-electron chi connectivity index (χ3n) is 3.28. The minimum absolute atomic E-state index is 0.00870. The second kappa shape index (κ2) is 5.26. The highest BCUT2D eigenvalue weighted by molar-refractivity contribution is 5.49. The average molecular weight is 256 g/mol. The maximum absolute atomic E-state index is 5.76. The molecule has 0 saturated heterocycles. The van der Waals surface area contributed by atoms with Crippen molar-refractivity contribution in [3.05, 3.63) is 47.9 Å². The standard InChI is InChI=1S/C15H20N4/c1-11-13(16)6-7-14(19-11)18-10-15(2,3)12-5-4-8-17-9-12/h4-9H,10,16H2,1-3H3,(H,18,19). The maximum atomic E-state index is 5.76. The molecule has 0 aliphatic carbocycles. The number of nitrogens with one attached hydrogen (secondary N) is 1. The highest BCUT2D eigenvalue weighted by Crippen LogP contribution is 2.22. The van der Waals surface area contributed by atoms with Crippen molar-refractivity contribution in [3.8, 4) is 0 Å². The van der Waals surface area contributed by atoms with E-state index in [1.165, 1.54) is 5.56 Å². The summed E-state index contributed by atoms with van der Waals surface area (Å²) in [6, 6.07) is 7.84. The summed E-state index contributed by atoms with van der Waals surface area (Å²) in [4.78, 5) is 8.59. The zero-order valence-corrected chi connectivity index (χ0v) is 11.6. The largest absolute Gasteiger partial charge is 0.397 e. The summed E-state index contributed by atoms with van der Waals surface area (Å²) in [5.41, 5.74) is 8.53. The van der Waals surface area contributed by atoms with Gasteiger partial charge in [-0.25, -0.2) is 4.98 Å². The van der Waals surface area contributed by atoms with Crippen LogP contribution in [0, 0.1) is 6.92 Å². The van der Waals surface area contributed by atoms with Crippen molar-refractivity contribution in [2.75, 3.05) is 17.6 Å². The van der Waals surface area contributed by atoms with Crippen LogP contribution in [0.3, 0.4) is 0 Å². The van der Waals surface area contributed by atoms with E-state index >= 15 is 0 Å². The number of nitrogens with zero attached hydrogens (tertiary/aromatic N) is 2. The zero-order chi connectivity index (χ0) is 13.9. The summed E-state index contributed by atoms with van der Waals surface area (Å²) in [7, 11) is 0. The number of rotatable bonds is 4. The fourth-order valence-corrected chi connectivity index (χ4v) is 1.85. The molecule has 0 fully saturated rings. The van der Waals surface area contributed by atoms with Crippen LogP contribution < -0.4 is 11.1 Å². The Morgan fingerprint density at radius 1 is 1.26 bits per heavy atom. The lowest BCUT2D eigenvalue weighted by atomic mass is 9.86. The number of aromatic nitrogens is 2. The molecule has 4 heteroatoms. The molecule has 0 bridgehead atoms. The first-order valence-electron chi connectivity index (χ1n) is 6.36. The Bertz CT molecular complexity index is 549. The summed E-state index contributed by atoms with van der Waals surface area (Å²) in [5.74, 6) is 0.851. The zero-order valence-electron chi connectivity index (χ0n) is 11.6. The van der Waals surface area contributed by atoms with E-state index in [2.05, 4.69) is 35.2 Å². The molecular formula is C15H20N4. The van der Waals surface area contributed by atoms with Gasteiger partial charge in [-0.15, -0.1) is 0 Å². The molecule has 2 aromatic heterocycles. The highest BCUT2D eigenvalue weighted by atomic mass is 15.0. The third-order valence-corrected chi connectivity index (χ3v) is 3.28. The summed E-state index contributed by atoms with van der Waals surface area (Å²) in [6.07, 6.45) is 3.70. The van der Waals surface area contributed by atoms with E-state index < -0.39 is 0 Å². The van der Waals surface area contributed by atoms with Crippen molar-refractivity contribution in [2.24, 2.45) is 0 Å². The molecule has 2 heterocycles. The van der Waals surface area contributed by atoms with Gasteiger partial charge in [0.05, 0.1) is 11.4 Å². The molecule has 19 heavy (non-hydrogen) atoms. The van der Waals surface area contributed by atoms with Crippen LogP contribution >= 0.6 is 0 Å². The van der Waals surface area contributed by atoms with E-state index in [1.807, 2.05) is 31.3 Å². The molecule has 2 aromatic rings. The van der Waals surface area contributed by atoms with Crippen LogP contribution in [0.5, 0.6) is 0 Å². The third kappa shape index (κ3) is 3.22. The van der Waals surface area contributed by atoms with Gasteiger partial charge in [0.2, 0.25) is 0 Å². The van der Waals surface area contributed by atoms with Gasteiger partial charge in [-0.05, 0) is 30.7 Å².